The number of rotatable bonds is 19. The zero-order valence-corrected chi connectivity index (χ0v) is 42.2. The van der Waals surface area contributed by atoms with Gasteiger partial charge in [0.1, 0.15) is 42.3 Å². The van der Waals surface area contributed by atoms with E-state index in [-0.39, 0.29) is 115 Å². The number of nitrogens with one attached hydrogen (secondary N) is 9. The number of hydrogen-bond acceptors (Lipinski definition) is 12. The third-order valence-corrected chi connectivity index (χ3v) is 12.1. The molecular formula is C49H73N17O9. The fourth-order valence-electron chi connectivity index (χ4n) is 8.26. The summed E-state index contributed by atoms with van der Waals surface area (Å²) in [6.07, 6.45) is 1.59. The Hall–Kier alpha value is -8.29. The number of carbonyl (C=O) groups is 9. The van der Waals surface area contributed by atoms with Gasteiger partial charge >= 0.3 is 0 Å². The third kappa shape index (κ3) is 20.6. The summed E-state index contributed by atoms with van der Waals surface area (Å²) in [4.78, 5) is 135. The van der Waals surface area contributed by atoms with Crippen LogP contribution in [0.1, 0.15) is 82.3 Å². The molecule has 1 aliphatic rings. The van der Waals surface area contributed by atoms with Crippen molar-refractivity contribution in [2.75, 3.05) is 26.2 Å². The predicted molar refractivity (Wildman–Crippen MR) is 280 cm³/mol. The van der Waals surface area contributed by atoms with Crippen LogP contribution in [-0.4, -0.2) is 139 Å². The number of H-pyrrole nitrogens is 1. The first-order chi connectivity index (χ1) is 35.8. The number of primary amides is 1. The van der Waals surface area contributed by atoms with Gasteiger partial charge in [0.15, 0.2) is 11.9 Å². The summed E-state index contributed by atoms with van der Waals surface area (Å²) < 4.78 is 0. The summed E-state index contributed by atoms with van der Waals surface area (Å²) in [7, 11) is 0. The number of hydrogen-bond donors (Lipinski definition) is 15. The molecule has 2 aromatic carbocycles. The molecule has 0 spiro atoms. The van der Waals surface area contributed by atoms with Crippen molar-refractivity contribution in [3.05, 3.63) is 71.9 Å². The number of amides is 9. The second kappa shape index (κ2) is 30.7. The van der Waals surface area contributed by atoms with Gasteiger partial charge in [0.2, 0.25) is 53.2 Å². The summed E-state index contributed by atoms with van der Waals surface area (Å²) in [6.45, 7) is 1.48. The van der Waals surface area contributed by atoms with Crippen LogP contribution in [0.4, 0.5) is 0 Å². The third-order valence-electron chi connectivity index (χ3n) is 12.1. The van der Waals surface area contributed by atoms with E-state index in [1.165, 1.54) is 6.92 Å². The van der Waals surface area contributed by atoms with Gasteiger partial charge in [-0.05, 0) is 81.5 Å². The zero-order valence-electron chi connectivity index (χ0n) is 42.2. The number of aromatic nitrogens is 1. The quantitative estimate of drug-likeness (QED) is 0.0314. The number of aliphatic imine (C=N–C) groups is 2. The lowest BCUT2D eigenvalue weighted by Gasteiger charge is -2.28. The number of carbonyl (C=O) groups excluding carboxylic acids is 9. The number of guanidine groups is 2. The highest BCUT2D eigenvalue weighted by atomic mass is 16.2. The lowest BCUT2D eigenvalue weighted by Crippen LogP contribution is -2.60. The van der Waals surface area contributed by atoms with E-state index in [0.717, 1.165) is 10.9 Å². The fourth-order valence-corrected chi connectivity index (χ4v) is 8.26. The van der Waals surface area contributed by atoms with Crippen LogP contribution in [0.15, 0.2) is 70.8 Å². The molecule has 4 rings (SSSR count). The fraction of sp³-hybridized carbons (Fsp3) is 0.490. The Labute approximate surface area is 434 Å². The molecule has 0 bridgehead atoms. The summed E-state index contributed by atoms with van der Waals surface area (Å²) in [5.74, 6) is -7.25. The van der Waals surface area contributed by atoms with E-state index in [1.807, 2.05) is 24.3 Å². The Morgan fingerprint density at radius 2 is 1.25 bits per heavy atom. The Morgan fingerprint density at radius 3 is 1.89 bits per heavy atom. The average molecular weight is 1040 g/mol. The van der Waals surface area contributed by atoms with E-state index in [4.69, 9.17) is 34.4 Å². The van der Waals surface area contributed by atoms with Gasteiger partial charge in [0.05, 0.1) is 0 Å². The molecule has 26 nitrogen and oxygen atoms in total. The second-order valence-corrected chi connectivity index (χ2v) is 18.1. The van der Waals surface area contributed by atoms with E-state index in [9.17, 15) is 43.2 Å². The molecule has 0 saturated carbocycles. The molecule has 1 saturated heterocycles. The molecule has 1 fully saturated rings. The molecule has 408 valence electrons. The standard InChI is InChI=1S/C49H73N17O9/c1-28(67)60-34(17-9-23-57-48(52)53)42(70)64-37-19-20-40(68)56-22-8-16-33(41(51)69)61-47(75)39(26-30-27-59-32-14-6-5-13-31(30)32)66-44(72)36(18-10-24-58-49(54)55)63-46(74)38(25-29-11-3-2-4-12-29)65-43(71)35(15-7-21-50)62-45(37)73/h2-6,11-14,27,33-39,59H,7-10,15-26,50H2,1H3,(H2,51,69)(H,56,68)(H,60,67)(H,61,75)(H,62,73)(H,63,74)(H,64,70)(H,65,71)(H,66,72)(H4,52,53,57)(H4,54,55,58). The number of nitrogens with two attached hydrogens (primary N) is 6. The van der Waals surface area contributed by atoms with Crippen molar-refractivity contribution in [1.29, 1.82) is 0 Å². The maximum absolute atomic E-state index is 14.6. The normalized spacial score (nSPS) is 21.1. The summed E-state index contributed by atoms with van der Waals surface area (Å²) in [5.41, 5.74) is 35.7. The molecule has 7 unspecified atom stereocenters. The summed E-state index contributed by atoms with van der Waals surface area (Å²) >= 11 is 0. The molecule has 21 N–H and O–H groups in total. The minimum atomic E-state index is -1.46. The molecule has 1 aromatic heterocycles. The van der Waals surface area contributed by atoms with Crippen LogP contribution in [0, 0.1) is 0 Å². The topological polar surface area (TPSA) is 446 Å². The van der Waals surface area contributed by atoms with Crippen LogP contribution in [0.3, 0.4) is 0 Å². The SMILES string of the molecule is CC(=O)NC(CCCN=C(N)N)C(=O)NC1CCC(=O)NCCCC(C(N)=O)NC(=O)C(Cc2c[nH]c3ccccc23)NC(=O)C(CCCN=C(N)N)NC(=O)C(Cc2ccccc2)NC(=O)C(CCCN)NC1=O. The zero-order chi connectivity index (χ0) is 54.9. The van der Waals surface area contributed by atoms with E-state index >= 15 is 0 Å². The van der Waals surface area contributed by atoms with Crippen LogP contribution in [-0.2, 0) is 56.0 Å². The van der Waals surface area contributed by atoms with Crippen molar-refractivity contribution >= 4 is 76.0 Å². The van der Waals surface area contributed by atoms with Crippen LogP contribution in [0.2, 0.25) is 0 Å². The first kappa shape index (κ1) is 59.3. The lowest BCUT2D eigenvalue weighted by molar-refractivity contribution is -0.136. The van der Waals surface area contributed by atoms with Crippen molar-refractivity contribution in [1.82, 2.24) is 47.5 Å². The van der Waals surface area contributed by atoms with Gasteiger partial charge in [-0.2, -0.15) is 0 Å². The number of fused-ring (bicyclic) bond motifs is 1. The smallest absolute Gasteiger partial charge is 0.243 e. The Balaban J connectivity index is 1.77. The van der Waals surface area contributed by atoms with Crippen molar-refractivity contribution in [2.24, 2.45) is 44.4 Å². The first-order valence-electron chi connectivity index (χ1n) is 24.9. The Bertz CT molecular complexity index is 2490. The molecule has 9 amide bonds. The van der Waals surface area contributed by atoms with E-state index in [1.54, 1.807) is 36.5 Å². The van der Waals surface area contributed by atoms with Gasteiger partial charge in [0, 0.05) is 62.9 Å². The molecular weight excluding hydrogens is 971 g/mol. The molecule has 0 radical (unpaired) electrons. The lowest BCUT2D eigenvalue weighted by atomic mass is 10.0. The monoisotopic (exact) mass is 1040 g/mol. The maximum atomic E-state index is 14.6. The van der Waals surface area contributed by atoms with Crippen LogP contribution in [0.25, 0.3) is 10.9 Å². The molecule has 1 aliphatic heterocycles. The van der Waals surface area contributed by atoms with Crippen molar-refractivity contribution in [3.8, 4) is 0 Å². The van der Waals surface area contributed by atoms with Gasteiger partial charge in [-0.15, -0.1) is 0 Å². The predicted octanol–water partition coefficient (Wildman–Crippen LogP) is -3.61. The van der Waals surface area contributed by atoms with Crippen molar-refractivity contribution in [2.45, 2.75) is 126 Å². The Morgan fingerprint density at radius 1 is 0.680 bits per heavy atom. The number of aromatic amines is 1. The van der Waals surface area contributed by atoms with Gasteiger partial charge in [0.25, 0.3) is 0 Å². The van der Waals surface area contributed by atoms with E-state index in [0.29, 0.717) is 11.1 Å². The van der Waals surface area contributed by atoms with Crippen molar-refractivity contribution in [3.63, 3.8) is 0 Å². The van der Waals surface area contributed by atoms with Gasteiger partial charge in [-0.1, -0.05) is 48.5 Å². The second-order valence-electron chi connectivity index (χ2n) is 18.1. The summed E-state index contributed by atoms with van der Waals surface area (Å²) in [5, 5.41) is 22.2. The highest BCUT2D eigenvalue weighted by Crippen LogP contribution is 2.20. The number of nitrogens with zero attached hydrogens (tertiary/aromatic N) is 2. The van der Waals surface area contributed by atoms with E-state index in [2.05, 4.69) is 57.5 Å². The molecule has 7 atom stereocenters. The molecule has 26 heteroatoms. The van der Waals surface area contributed by atoms with E-state index < -0.39 is 95.5 Å². The van der Waals surface area contributed by atoms with Crippen molar-refractivity contribution < 1.29 is 43.2 Å². The highest BCUT2D eigenvalue weighted by molar-refractivity contribution is 5.98. The van der Waals surface area contributed by atoms with Crippen LogP contribution >= 0.6 is 0 Å². The average Bonchev–Trinajstić information content (AvgIpc) is 3.78. The maximum Gasteiger partial charge on any atom is 0.243 e. The molecule has 2 heterocycles. The number of benzene rings is 2. The minimum absolute atomic E-state index is 0.00960. The first-order valence-corrected chi connectivity index (χ1v) is 24.9. The van der Waals surface area contributed by atoms with Gasteiger partial charge in [-0.25, -0.2) is 0 Å². The highest BCUT2D eigenvalue weighted by Gasteiger charge is 2.35. The molecule has 3 aromatic rings. The van der Waals surface area contributed by atoms with Crippen LogP contribution in [0.5, 0.6) is 0 Å². The van der Waals surface area contributed by atoms with Gasteiger partial charge < -0.3 is 81.9 Å². The van der Waals surface area contributed by atoms with Crippen LogP contribution < -0.4 is 76.9 Å². The molecule has 75 heavy (non-hydrogen) atoms. The largest absolute Gasteiger partial charge is 0.370 e. The molecule has 0 aliphatic carbocycles. The number of para-hydroxylation sites is 1. The van der Waals surface area contributed by atoms with Gasteiger partial charge in [-0.3, -0.25) is 53.1 Å². The minimum Gasteiger partial charge on any atom is -0.370 e. The summed E-state index contributed by atoms with van der Waals surface area (Å²) in [6, 6.07) is 6.66. The Kier molecular flexibility index (Phi) is 24.2.